The van der Waals surface area contributed by atoms with E-state index >= 15 is 0 Å². The molecule has 1 aliphatic rings. The molecular formula is C19H22N4O4. The predicted molar refractivity (Wildman–Crippen MR) is 101 cm³/mol. The van der Waals surface area contributed by atoms with Gasteiger partial charge in [0.05, 0.1) is 30.3 Å². The lowest BCUT2D eigenvalue weighted by molar-refractivity contribution is 0.0390. The zero-order chi connectivity index (χ0) is 18.8. The molecule has 3 aromatic rings. The van der Waals surface area contributed by atoms with E-state index in [2.05, 4.69) is 4.98 Å². The summed E-state index contributed by atoms with van der Waals surface area (Å²) in [6, 6.07) is 7.53. The molecule has 3 heterocycles. The van der Waals surface area contributed by atoms with Gasteiger partial charge in [0.1, 0.15) is 23.5 Å². The molecule has 27 heavy (non-hydrogen) atoms. The summed E-state index contributed by atoms with van der Waals surface area (Å²) in [5, 5.41) is 0. The zero-order valence-electron chi connectivity index (χ0n) is 15.2. The molecule has 1 fully saturated rings. The molecule has 0 spiro atoms. The highest BCUT2D eigenvalue weighted by molar-refractivity contribution is 6.08. The Morgan fingerprint density at radius 1 is 1.30 bits per heavy atom. The summed E-state index contributed by atoms with van der Waals surface area (Å²) in [5.74, 6) is -0.219. The van der Waals surface area contributed by atoms with E-state index in [4.69, 9.17) is 24.9 Å². The number of nitrogen functional groups attached to an aromatic ring is 1. The van der Waals surface area contributed by atoms with Crippen molar-refractivity contribution in [2.45, 2.75) is 25.5 Å². The van der Waals surface area contributed by atoms with Gasteiger partial charge in [-0.15, -0.1) is 0 Å². The lowest BCUT2D eigenvalue weighted by Gasteiger charge is -2.13. The fourth-order valence-corrected chi connectivity index (χ4v) is 3.38. The maximum absolute atomic E-state index is 12.7. The molecule has 0 unspecified atom stereocenters. The highest BCUT2D eigenvalue weighted by atomic mass is 16.6. The Balaban J connectivity index is 1.83. The van der Waals surface area contributed by atoms with Crippen LogP contribution in [0.15, 0.2) is 24.3 Å². The highest BCUT2D eigenvalue weighted by Crippen LogP contribution is 2.30. The molecule has 4 rings (SSSR count). The largest absolute Gasteiger partial charge is 0.459 e. The number of esters is 1. The molecule has 1 saturated heterocycles. The molecule has 0 aliphatic carbocycles. The smallest absolute Gasteiger partial charge is 0.344 e. The zero-order valence-corrected chi connectivity index (χ0v) is 15.2. The van der Waals surface area contributed by atoms with Crippen molar-refractivity contribution in [3.63, 3.8) is 0 Å². The number of aromatic nitrogens is 3. The molecular weight excluding hydrogens is 348 g/mol. The van der Waals surface area contributed by atoms with Crippen molar-refractivity contribution in [1.29, 1.82) is 0 Å². The molecule has 1 atom stereocenters. The Labute approximate surface area is 156 Å². The highest BCUT2D eigenvalue weighted by Gasteiger charge is 2.27. The Kier molecular flexibility index (Phi) is 4.91. The predicted octanol–water partition coefficient (Wildman–Crippen LogP) is 2.15. The molecule has 2 N–H and O–H groups in total. The summed E-state index contributed by atoms with van der Waals surface area (Å²) in [6.07, 6.45) is 2.02. The lowest BCUT2D eigenvalue weighted by atomic mass is 10.2. The van der Waals surface area contributed by atoms with Crippen molar-refractivity contribution < 1.29 is 19.0 Å². The van der Waals surface area contributed by atoms with Gasteiger partial charge in [-0.25, -0.2) is 14.8 Å². The van der Waals surface area contributed by atoms with Gasteiger partial charge >= 0.3 is 5.97 Å². The molecule has 0 radical (unpaired) electrons. The summed E-state index contributed by atoms with van der Waals surface area (Å²) < 4.78 is 17.8. The molecule has 8 heteroatoms. The molecule has 2 aromatic heterocycles. The van der Waals surface area contributed by atoms with E-state index in [1.54, 1.807) is 7.11 Å². The second-order valence-electron chi connectivity index (χ2n) is 6.52. The third kappa shape index (κ3) is 3.33. The summed E-state index contributed by atoms with van der Waals surface area (Å²) in [4.78, 5) is 22.0. The van der Waals surface area contributed by atoms with E-state index in [0.29, 0.717) is 35.7 Å². The second kappa shape index (κ2) is 7.50. The van der Waals surface area contributed by atoms with Gasteiger partial charge < -0.3 is 24.5 Å². The van der Waals surface area contributed by atoms with Crippen LogP contribution in [0.1, 0.15) is 23.2 Å². The minimum atomic E-state index is -0.523. The standard InChI is InChI=1S/C19H22N4O4/c1-25-9-10-27-19(24)15-16-18(22-14-7-3-2-6-13(14)21-16)23(17(15)20)11-12-5-4-8-26-12/h2-3,6-7,12H,4-5,8-11,20H2,1H3/t12-/m1/s1. The first-order valence-electron chi connectivity index (χ1n) is 9.01. The van der Waals surface area contributed by atoms with Crippen molar-refractivity contribution in [1.82, 2.24) is 14.5 Å². The fourth-order valence-electron chi connectivity index (χ4n) is 3.38. The molecule has 0 amide bonds. The molecule has 8 nitrogen and oxygen atoms in total. The summed E-state index contributed by atoms with van der Waals surface area (Å²) in [5.41, 5.74) is 9.07. The summed E-state index contributed by atoms with van der Waals surface area (Å²) in [6.45, 7) is 1.73. The van der Waals surface area contributed by atoms with Gasteiger partial charge in [-0.1, -0.05) is 12.1 Å². The van der Waals surface area contributed by atoms with Crippen LogP contribution in [0.2, 0.25) is 0 Å². The van der Waals surface area contributed by atoms with Crippen LogP contribution in [0.5, 0.6) is 0 Å². The van der Waals surface area contributed by atoms with E-state index in [0.717, 1.165) is 25.0 Å². The Bertz CT molecular complexity index is 979. The van der Waals surface area contributed by atoms with Gasteiger partial charge in [0.15, 0.2) is 5.65 Å². The van der Waals surface area contributed by atoms with Crippen LogP contribution in [0.4, 0.5) is 5.82 Å². The van der Waals surface area contributed by atoms with Crippen molar-refractivity contribution in [3.05, 3.63) is 29.8 Å². The third-order valence-corrected chi connectivity index (χ3v) is 4.73. The third-order valence-electron chi connectivity index (χ3n) is 4.73. The molecule has 1 aromatic carbocycles. The Morgan fingerprint density at radius 2 is 2.07 bits per heavy atom. The molecule has 0 saturated carbocycles. The number of anilines is 1. The summed E-state index contributed by atoms with van der Waals surface area (Å²) in [7, 11) is 1.55. The monoisotopic (exact) mass is 370 g/mol. The van der Waals surface area contributed by atoms with Crippen LogP contribution in [0.25, 0.3) is 22.2 Å². The first-order valence-corrected chi connectivity index (χ1v) is 9.01. The van der Waals surface area contributed by atoms with Crippen molar-refractivity contribution in [3.8, 4) is 0 Å². The SMILES string of the molecule is COCCOC(=O)c1c(N)n(C[C@H]2CCCO2)c2nc3ccccc3nc12. The van der Waals surface area contributed by atoms with E-state index in [1.165, 1.54) is 0 Å². The maximum Gasteiger partial charge on any atom is 0.344 e. The normalized spacial score (nSPS) is 17.0. The minimum Gasteiger partial charge on any atom is -0.459 e. The number of rotatable bonds is 6. The van der Waals surface area contributed by atoms with Gasteiger partial charge in [0, 0.05) is 13.7 Å². The minimum absolute atomic E-state index is 0.0496. The van der Waals surface area contributed by atoms with Crippen molar-refractivity contribution >= 4 is 34.0 Å². The maximum atomic E-state index is 12.7. The van der Waals surface area contributed by atoms with Crippen molar-refractivity contribution in [2.75, 3.05) is 32.7 Å². The second-order valence-corrected chi connectivity index (χ2v) is 6.52. The van der Waals surface area contributed by atoms with Crippen LogP contribution < -0.4 is 5.73 Å². The van der Waals surface area contributed by atoms with Crippen LogP contribution >= 0.6 is 0 Å². The number of hydrogen-bond acceptors (Lipinski definition) is 7. The van der Waals surface area contributed by atoms with E-state index < -0.39 is 5.97 Å². The number of nitrogens with zero attached hydrogens (tertiary/aromatic N) is 3. The number of para-hydroxylation sites is 2. The fraction of sp³-hybridized carbons (Fsp3) is 0.421. The quantitative estimate of drug-likeness (QED) is 0.524. The first kappa shape index (κ1) is 17.7. The average molecular weight is 370 g/mol. The topological polar surface area (TPSA) is 101 Å². The Hall–Kier alpha value is -2.71. The Morgan fingerprint density at radius 3 is 2.78 bits per heavy atom. The molecule has 1 aliphatic heterocycles. The van der Waals surface area contributed by atoms with Gasteiger partial charge in [0.2, 0.25) is 0 Å². The van der Waals surface area contributed by atoms with Crippen LogP contribution in [0, 0.1) is 0 Å². The molecule has 0 bridgehead atoms. The first-order chi connectivity index (χ1) is 13.2. The van der Waals surface area contributed by atoms with Crippen molar-refractivity contribution in [2.24, 2.45) is 0 Å². The van der Waals surface area contributed by atoms with E-state index in [9.17, 15) is 4.79 Å². The van der Waals surface area contributed by atoms with Gasteiger partial charge in [-0.05, 0) is 25.0 Å². The van der Waals surface area contributed by atoms with Gasteiger partial charge in [-0.3, -0.25) is 0 Å². The van der Waals surface area contributed by atoms with Crippen LogP contribution in [0.3, 0.4) is 0 Å². The number of hydrogen-bond donors (Lipinski definition) is 1. The molecule has 142 valence electrons. The number of carbonyl (C=O) groups is 1. The van der Waals surface area contributed by atoms with Crippen LogP contribution in [-0.2, 0) is 20.8 Å². The number of benzene rings is 1. The number of carbonyl (C=O) groups excluding carboxylic acids is 1. The van der Waals surface area contributed by atoms with Crippen LogP contribution in [-0.4, -0.2) is 53.5 Å². The average Bonchev–Trinajstić information content (AvgIpc) is 3.27. The van der Waals surface area contributed by atoms with Gasteiger partial charge in [0.25, 0.3) is 0 Å². The number of fused-ring (bicyclic) bond motifs is 2. The number of methoxy groups -OCH3 is 1. The number of ether oxygens (including phenoxy) is 3. The van der Waals surface area contributed by atoms with Gasteiger partial charge in [-0.2, -0.15) is 0 Å². The summed E-state index contributed by atoms with van der Waals surface area (Å²) >= 11 is 0. The lowest BCUT2D eigenvalue weighted by Crippen LogP contribution is -2.18. The van der Waals surface area contributed by atoms with E-state index in [-0.39, 0.29) is 18.3 Å². The number of nitrogens with two attached hydrogens (primary N) is 1. The van der Waals surface area contributed by atoms with E-state index in [1.807, 2.05) is 28.8 Å².